The van der Waals surface area contributed by atoms with Crippen molar-refractivity contribution in [3.8, 4) is 5.75 Å². The third-order valence-corrected chi connectivity index (χ3v) is 3.78. The third-order valence-electron chi connectivity index (χ3n) is 2.67. The van der Waals surface area contributed by atoms with Crippen LogP contribution in [0.5, 0.6) is 5.75 Å². The molecule has 0 saturated carbocycles. The molecule has 0 bridgehead atoms. The van der Waals surface area contributed by atoms with E-state index < -0.39 is 11.4 Å². The highest BCUT2D eigenvalue weighted by Crippen LogP contribution is 2.29. The Morgan fingerprint density at radius 3 is 2.44 bits per heavy atom. The summed E-state index contributed by atoms with van der Waals surface area (Å²) in [6.45, 7) is 3.70. The molecular formula is C13H20N2O2S. The molecule has 1 aromatic carbocycles. The monoisotopic (exact) mass is 268 g/mol. The van der Waals surface area contributed by atoms with Crippen molar-refractivity contribution >= 4 is 17.7 Å². The lowest BCUT2D eigenvalue weighted by Gasteiger charge is -2.24. The number of carbonyl (C=O) groups is 1. The van der Waals surface area contributed by atoms with Gasteiger partial charge in [-0.25, -0.2) is 0 Å². The molecule has 0 heterocycles. The first-order chi connectivity index (χ1) is 8.35. The molecule has 0 aromatic heterocycles. The van der Waals surface area contributed by atoms with E-state index in [-0.39, 0.29) is 5.25 Å². The molecule has 5 heteroatoms. The molecular weight excluding hydrogens is 248 g/mol. The Balaban J connectivity index is 2.58. The van der Waals surface area contributed by atoms with Crippen LogP contribution in [0.1, 0.15) is 20.3 Å². The van der Waals surface area contributed by atoms with Gasteiger partial charge in [-0.15, -0.1) is 11.8 Å². The molecule has 4 nitrogen and oxygen atoms in total. The number of benzene rings is 1. The Morgan fingerprint density at radius 1 is 1.44 bits per heavy atom. The van der Waals surface area contributed by atoms with E-state index in [1.54, 1.807) is 25.8 Å². The van der Waals surface area contributed by atoms with E-state index in [9.17, 15) is 4.79 Å². The molecule has 2 unspecified atom stereocenters. The fourth-order valence-electron chi connectivity index (χ4n) is 1.63. The van der Waals surface area contributed by atoms with Gasteiger partial charge in [-0.2, -0.15) is 0 Å². The summed E-state index contributed by atoms with van der Waals surface area (Å²) in [5.41, 5.74) is 10.2. The normalized spacial score (nSPS) is 15.8. The number of rotatable bonds is 6. The highest BCUT2D eigenvalue weighted by Gasteiger charge is 2.28. The van der Waals surface area contributed by atoms with Gasteiger partial charge in [-0.05, 0) is 37.6 Å². The fourth-order valence-corrected chi connectivity index (χ4v) is 2.81. The van der Waals surface area contributed by atoms with E-state index in [1.165, 1.54) is 0 Å². The largest absolute Gasteiger partial charge is 0.497 e. The molecule has 2 atom stereocenters. The van der Waals surface area contributed by atoms with Gasteiger partial charge in [0.15, 0.2) is 0 Å². The van der Waals surface area contributed by atoms with Crippen LogP contribution < -0.4 is 16.2 Å². The molecule has 0 aliphatic heterocycles. The van der Waals surface area contributed by atoms with Crippen molar-refractivity contribution in [3.63, 3.8) is 0 Å². The van der Waals surface area contributed by atoms with Crippen molar-refractivity contribution in [3.05, 3.63) is 24.3 Å². The first kappa shape index (κ1) is 14.9. The fraction of sp³-hybridized carbons (Fsp3) is 0.462. The summed E-state index contributed by atoms with van der Waals surface area (Å²) >= 11 is 1.66. The first-order valence-electron chi connectivity index (χ1n) is 5.74. The van der Waals surface area contributed by atoms with Crippen molar-refractivity contribution in [2.24, 2.45) is 11.5 Å². The van der Waals surface area contributed by atoms with Crippen LogP contribution in [0.15, 0.2) is 29.2 Å². The van der Waals surface area contributed by atoms with E-state index in [2.05, 4.69) is 0 Å². The summed E-state index contributed by atoms with van der Waals surface area (Å²) in [5, 5.41) is 0.209. The van der Waals surface area contributed by atoms with Crippen LogP contribution >= 0.6 is 11.8 Å². The van der Waals surface area contributed by atoms with Crippen LogP contribution in [0, 0.1) is 0 Å². The number of hydrogen-bond acceptors (Lipinski definition) is 4. The minimum Gasteiger partial charge on any atom is -0.497 e. The number of hydrogen-bond donors (Lipinski definition) is 2. The zero-order valence-corrected chi connectivity index (χ0v) is 11.8. The van der Waals surface area contributed by atoms with Crippen LogP contribution in [0.3, 0.4) is 0 Å². The third kappa shape index (κ3) is 4.23. The van der Waals surface area contributed by atoms with Crippen molar-refractivity contribution in [1.82, 2.24) is 0 Å². The standard InChI is InChI=1S/C13H20N2O2S/c1-9(8-13(2,15)12(14)16)18-11-6-4-10(17-3)5-7-11/h4-7,9H,8,15H2,1-3H3,(H2,14,16). The second-order valence-corrected chi connectivity index (χ2v) is 6.10. The topological polar surface area (TPSA) is 78.3 Å². The van der Waals surface area contributed by atoms with Gasteiger partial charge < -0.3 is 16.2 Å². The zero-order valence-electron chi connectivity index (χ0n) is 11.0. The highest BCUT2D eigenvalue weighted by molar-refractivity contribution is 7.99. The Hall–Kier alpha value is -1.20. The second kappa shape index (κ2) is 6.11. The Kier molecular flexibility index (Phi) is 5.04. The summed E-state index contributed by atoms with van der Waals surface area (Å²) in [4.78, 5) is 12.3. The summed E-state index contributed by atoms with van der Waals surface area (Å²) in [6, 6.07) is 7.78. The average Bonchev–Trinajstić information content (AvgIpc) is 2.29. The molecule has 0 aliphatic rings. The maximum absolute atomic E-state index is 11.2. The number of ether oxygens (including phenoxy) is 1. The lowest BCUT2D eigenvalue weighted by Crippen LogP contribution is -2.50. The predicted octanol–water partition coefficient (Wildman–Crippen LogP) is 1.77. The lowest BCUT2D eigenvalue weighted by molar-refractivity contribution is -0.122. The molecule has 0 aliphatic carbocycles. The average molecular weight is 268 g/mol. The number of carbonyl (C=O) groups excluding carboxylic acids is 1. The highest BCUT2D eigenvalue weighted by atomic mass is 32.2. The Morgan fingerprint density at radius 2 is 2.00 bits per heavy atom. The van der Waals surface area contributed by atoms with E-state index >= 15 is 0 Å². The molecule has 0 spiro atoms. The number of thioether (sulfide) groups is 1. The van der Waals surface area contributed by atoms with Gasteiger partial charge >= 0.3 is 0 Å². The predicted molar refractivity (Wildman–Crippen MR) is 74.7 cm³/mol. The van der Waals surface area contributed by atoms with Crippen LogP contribution in [-0.4, -0.2) is 23.8 Å². The first-order valence-corrected chi connectivity index (χ1v) is 6.62. The quantitative estimate of drug-likeness (QED) is 0.771. The molecule has 18 heavy (non-hydrogen) atoms. The molecule has 100 valence electrons. The Labute approximate surface area is 112 Å². The van der Waals surface area contributed by atoms with Gasteiger partial charge in [0.1, 0.15) is 5.75 Å². The van der Waals surface area contributed by atoms with Crippen molar-refractivity contribution in [2.45, 2.75) is 36.0 Å². The molecule has 1 amide bonds. The molecule has 0 fully saturated rings. The van der Waals surface area contributed by atoms with Gasteiger partial charge in [-0.1, -0.05) is 6.92 Å². The van der Waals surface area contributed by atoms with E-state index in [4.69, 9.17) is 16.2 Å². The van der Waals surface area contributed by atoms with E-state index in [1.807, 2.05) is 31.2 Å². The van der Waals surface area contributed by atoms with Gasteiger partial charge in [-0.3, -0.25) is 4.79 Å². The summed E-state index contributed by atoms with van der Waals surface area (Å²) in [7, 11) is 1.64. The van der Waals surface area contributed by atoms with Gasteiger partial charge in [0.25, 0.3) is 0 Å². The van der Waals surface area contributed by atoms with Crippen molar-refractivity contribution < 1.29 is 9.53 Å². The van der Waals surface area contributed by atoms with Crippen LogP contribution in [-0.2, 0) is 4.79 Å². The maximum atomic E-state index is 11.2. The molecule has 1 aromatic rings. The summed E-state index contributed by atoms with van der Waals surface area (Å²) < 4.78 is 5.10. The van der Waals surface area contributed by atoms with Crippen LogP contribution in [0.25, 0.3) is 0 Å². The van der Waals surface area contributed by atoms with Crippen LogP contribution in [0.2, 0.25) is 0 Å². The lowest BCUT2D eigenvalue weighted by atomic mass is 9.97. The maximum Gasteiger partial charge on any atom is 0.237 e. The van der Waals surface area contributed by atoms with E-state index in [0.717, 1.165) is 10.6 Å². The smallest absolute Gasteiger partial charge is 0.237 e. The Bertz CT molecular complexity index is 404. The molecule has 0 radical (unpaired) electrons. The number of primary amides is 1. The van der Waals surface area contributed by atoms with Gasteiger partial charge in [0.05, 0.1) is 12.6 Å². The second-order valence-electron chi connectivity index (χ2n) is 4.59. The molecule has 1 rings (SSSR count). The zero-order chi connectivity index (χ0) is 13.8. The SMILES string of the molecule is COc1ccc(SC(C)CC(C)(N)C(N)=O)cc1. The summed E-state index contributed by atoms with van der Waals surface area (Å²) in [5.74, 6) is 0.359. The number of amides is 1. The minimum absolute atomic E-state index is 0.209. The van der Waals surface area contributed by atoms with Crippen LogP contribution in [0.4, 0.5) is 0 Å². The minimum atomic E-state index is -0.959. The molecule has 0 saturated heterocycles. The molecule has 4 N–H and O–H groups in total. The van der Waals surface area contributed by atoms with E-state index in [0.29, 0.717) is 6.42 Å². The number of methoxy groups -OCH3 is 1. The summed E-state index contributed by atoms with van der Waals surface area (Å²) in [6.07, 6.45) is 0.541. The number of nitrogens with two attached hydrogens (primary N) is 2. The van der Waals surface area contributed by atoms with Gasteiger partial charge in [0, 0.05) is 10.1 Å². The van der Waals surface area contributed by atoms with Crippen molar-refractivity contribution in [2.75, 3.05) is 7.11 Å². The van der Waals surface area contributed by atoms with Gasteiger partial charge in [0.2, 0.25) is 5.91 Å². The van der Waals surface area contributed by atoms with Crippen molar-refractivity contribution in [1.29, 1.82) is 0 Å².